The number of terminal acetylenes is 1. The van der Waals surface area contributed by atoms with Crippen LogP contribution >= 0.6 is 0 Å². The molecule has 2 heterocycles. The molecule has 0 aromatic heterocycles. The van der Waals surface area contributed by atoms with Crippen LogP contribution in [0.2, 0.25) is 0 Å². The molecule has 4 rings (SSSR count). The first-order valence-corrected chi connectivity index (χ1v) is 15.0. The van der Waals surface area contributed by atoms with Gasteiger partial charge in [-0.1, -0.05) is 61.0 Å². The minimum atomic E-state index is -0.905. The molecular weight excluding hydrogens is 595 g/mol. The molecule has 2 N–H and O–H groups in total. The number of hydrogen-bond acceptors (Lipinski definition) is 7. The van der Waals surface area contributed by atoms with Gasteiger partial charge in [-0.05, 0) is 36.1 Å². The normalized spacial score (nSPS) is 18.0. The van der Waals surface area contributed by atoms with Crippen molar-refractivity contribution in [3.05, 3.63) is 84.2 Å². The Balaban J connectivity index is 1.51. The van der Waals surface area contributed by atoms with E-state index >= 15 is 0 Å². The Hall–Kier alpha value is -4.93. The zero-order valence-electron chi connectivity index (χ0n) is 25.6. The molecule has 0 aliphatic carbocycles. The number of nitrogens with one attached hydrogen (secondary N) is 2. The van der Waals surface area contributed by atoms with Gasteiger partial charge in [0.05, 0.1) is 32.8 Å². The average molecular weight is 635 g/mol. The van der Waals surface area contributed by atoms with E-state index in [2.05, 4.69) is 23.1 Å². The second-order valence-electron chi connectivity index (χ2n) is 10.7. The van der Waals surface area contributed by atoms with Crippen molar-refractivity contribution in [2.45, 2.75) is 38.2 Å². The van der Waals surface area contributed by atoms with E-state index in [1.165, 1.54) is 33.1 Å². The minimum Gasteiger partial charge on any atom is -0.445 e. The fraction of sp³-hybridized carbons (Fsp3) is 0.394. The second kappa shape index (κ2) is 17.0. The molecule has 2 aliphatic rings. The number of fused-ring (bicyclic) bond motifs is 1. The highest BCUT2D eigenvalue weighted by molar-refractivity contribution is 5.91. The van der Waals surface area contributed by atoms with Crippen molar-refractivity contribution in [2.24, 2.45) is 0 Å². The molecule has 2 aromatic rings. The molecule has 2 aliphatic heterocycles. The maximum atomic E-state index is 13.8. The van der Waals surface area contributed by atoms with Gasteiger partial charge in [-0.25, -0.2) is 19.0 Å². The van der Waals surface area contributed by atoms with E-state index in [0.717, 1.165) is 5.56 Å². The van der Waals surface area contributed by atoms with E-state index < -0.39 is 24.3 Å². The summed E-state index contributed by atoms with van der Waals surface area (Å²) in [5.41, 5.74) is 1.54. The highest BCUT2D eigenvalue weighted by Gasteiger charge is 2.51. The number of hydrogen-bond donors (Lipinski definition) is 2. The molecule has 0 radical (unpaired) electrons. The van der Waals surface area contributed by atoms with Crippen molar-refractivity contribution in [2.75, 3.05) is 45.9 Å². The standard InChI is InChI=1S/C33H39FN6O6/c1-3-16-38-23-30(41)39-28(14-9-15-35-33(44)46-18-4-2)31(42)37(17-19-45-24-26-12-8-13-27(34)20-26)22-29(39)40(38)32(43)36-21-25-10-6-5-7-11-25/h1,4-8,10-13,20,28-29H,2,9,14-19,21-24H2,(H,35,44)(H,36,43)/t28-,29-/m0/s1. The number of urea groups is 1. The van der Waals surface area contributed by atoms with Crippen molar-refractivity contribution in [1.29, 1.82) is 0 Å². The second-order valence-corrected chi connectivity index (χ2v) is 10.7. The zero-order chi connectivity index (χ0) is 32.9. The summed E-state index contributed by atoms with van der Waals surface area (Å²) in [6, 6.07) is 14.1. The number of piperazine rings is 1. The summed E-state index contributed by atoms with van der Waals surface area (Å²) in [6.07, 6.45) is 6.18. The number of nitrogens with zero attached hydrogens (tertiary/aromatic N) is 4. The predicted molar refractivity (Wildman–Crippen MR) is 167 cm³/mol. The maximum absolute atomic E-state index is 13.8. The van der Waals surface area contributed by atoms with Gasteiger partial charge in [-0.3, -0.25) is 9.59 Å². The maximum Gasteiger partial charge on any atom is 0.407 e. The summed E-state index contributed by atoms with van der Waals surface area (Å²) in [5.74, 6) is 1.50. The molecule has 0 unspecified atom stereocenters. The third kappa shape index (κ3) is 9.06. The number of carbonyl (C=O) groups excluding carboxylic acids is 4. The molecule has 2 saturated heterocycles. The quantitative estimate of drug-likeness (QED) is 0.186. The Bertz CT molecular complexity index is 1420. The summed E-state index contributed by atoms with van der Waals surface area (Å²) >= 11 is 0. The highest BCUT2D eigenvalue weighted by atomic mass is 19.1. The van der Waals surface area contributed by atoms with E-state index in [9.17, 15) is 23.6 Å². The summed E-state index contributed by atoms with van der Waals surface area (Å²) < 4.78 is 24.3. The summed E-state index contributed by atoms with van der Waals surface area (Å²) in [6.45, 7) is 4.30. The monoisotopic (exact) mass is 634 g/mol. The van der Waals surface area contributed by atoms with Crippen LogP contribution in [-0.2, 0) is 32.2 Å². The van der Waals surface area contributed by atoms with Crippen molar-refractivity contribution in [3.8, 4) is 12.3 Å². The van der Waals surface area contributed by atoms with Crippen molar-refractivity contribution >= 4 is 23.9 Å². The molecule has 2 fully saturated rings. The molecule has 46 heavy (non-hydrogen) atoms. The van der Waals surface area contributed by atoms with Crippen LogP contribution in [0, 0.1) is 18.2 Å². The number of rotatable bonds is 14. The first kappa shape index (κ1) is 34.0. The minimum absolute atomic E-state index is 0.000929. The number of amides is 5. The van der Waals surface area contributed by atoms with Gasteiger partial charge in [0.2, 0.25) is 11.8 Å². The molecule has 5 amide bonds. The fourth-order valence-electron chi connectivity index (χ4n) is 5.43. The average Bonchev–Trinajstić information content (AvgIpc) is 3.05. The molecule has 244 valence electrons. The van der Waals surface area contributed by atoms with Gasteiger partial charge in [0.1, 0.15) is 24.6 Å². The third-order valence-electron chi connectivity index (χ3n) is 7.52. The van der Waals surface area contributed by atoms with Crippen LogP contribution in [0.1, 0.15) is 24.0 Å². The van der Waals surface area contributed by atoms with E-state index in [0.29, 0.717) is 12.0 Å². The Morgan fingerprint density at radius 1 is 1.11 bits per heavy atom. The Labute approximate surface area is 268 Å². The van der Waals surface area contributed by atoms with Crippen LogP contribution < -0.4 is 10.6 Å². The van der Waals surface area contributed by atoms with Crippen LogP contribution in [0.4, 0.5) is 14.0 Å². The number of hydrazine groups is 1. The lowest BCUT2D eigenvalue weighted by molar-refractivity contribution is -0.189. The van der Waals surface area contributed by atoms with Gasteiger partial charge < -0.3 is 29.9 Å². The van der Waals surface area contributed by atoms with Gasteiger partial charge in [0, 0.05) is 19.6 Å². The van der Waals surface area contributed by atoms with Gasteiger partial charge in [-0.2, -0.15) is 5.01 Å². The lowest BCUT2D eigenvalue weighted by Crippen LogP contribution is -2.76. The van der Waals surface area contributed by atoms with E-state index in [1.807, 2.05) is 30.3 Å². The Kier molecular flexibility index (Phi) is 12.5. The smallest absolute Gasteiger partial charge is 0.407 e. The Morgan fingerprint density at radius 2 is 1.89 bits per heavy atom. The van der Waals surface area contributed by atoms with Gasteiger partial charge in [-0.15, -0.1) is 6.42 Å². The van der Waals surface area contributed by atoms with Crippen molar-refractivity contribution in [3.63, 3.8) is 0 Å². The number of benzene rings is 2. The number of carbonyl (C=O) groups is 4. The first-order chi connectivity index (χ1) is 22.3. The fourth-order valence-corrected chi connectivity index (χ4v) is 5.43. The largest absolute Gasteiger partial charge is 0.445 e. The van der Waals surface area contributed by atoms with Gasteiger partial charge in [0.15, 0.2) is 0 Å². The SMILES string of the molecule is C#CCN1CC(=O)N2[C@@H](CCCNC(=O)OCC=C)C(=O)N(CCOCc3cccc(F)c3)C[C@@H]2N1C(=O)NCc1ccccc1. The molecule has 0 bridgehead atoms. The molecule has 0 spiro atoms. The topological polar surface area (TPSA) is 124 Å². The predicted octanol–water partition coefficient (Wildman–Crippen LogP) is 2.48. The molecule has 0 saturated carbocycles. The molecular formula is C33H39FN6O6. The molecule has 2 atom stereocenters. The van der Waals surface area contributed by atoms with E-state index in [1.54, 1.807) is 17.0 Å². The number of ether oxygens (including phenoxy) is 2. The van der Waals surface area contributed by atoms with Crippen LogP contribution in [0.3, 0.4) is 0 Å². The molecule has 13 heteroatoms. The third-order valence-corrected chi connectivity index (χ3v) is 7.52. The first-order valence-electron chi connectivity index (χ1n) is 15.0. The molecule has 2 aromatic carbocycles. The van der Waals surface area contributed by atoms with Crippen LogP contribution in [0.5, 0.6) is 0 Å². The van der Waals surface area contributed by atoms with Gasteiger partial charge in [0.25, 0.3) is 0 Å². The lowest BCUT2D eigenvalue weighted by Gasteiger charge is -2.55. The van der Waals surface area contributed by atoms with Crippen LogP contribution in [0.25, 0.3) is 0 Å². The number of alkyl carbamates (subject to hydrolysis) is 1. The Morgan fingerprint density at radius 3 is 2.63 bits per heavy atom. The summed E-state index contributed by atoms with van der Waals surface area (Å²) in [5, 5.41) is 8.47. The van der Waals surface area contributed by atoms with Crippen LogP contribution in [-0.4, -0.2) is 102 Å². The summed E-state index contributed by atoms with van der Waals surface area (Å²) in [4.78, 5) is 56.0. The van der Waals surface area contributed by atoms with Gasteiger partial charge >= 0.3 is 12.1 Å². The van der Waals surface area contributed by atoms with E-state index in [4.69, 9.17) is 15.9 Å². The van der Waals surface area contributed by atoms with Crippen molar-refractivity contribution in [1.82, 2.24) is 30.5 Å². The van der Waals surface area contributed by atoms with Crippen LogP contribution in [0.15, 0.2) is 67.3 Å². The summed E-state index contributed by atoms with van der Waals surface area (Å²) in [7, 11) is 0. The lowest BCUT2D eigenvalue weighted by atomic mass is 10.0. The van der Waals surface area contributed by atoms with E-state index in [-0.39, 0.29) is 83.1 Å². The number of halogens is 1. The molecule has 12 nitrogen and oxygen atoms in total. The zero-order valence-corrected chi connectivity index (χ0v) is 25.6. The van der Waals surface area contributed by atoms with Crippen molar-refractivity contribution < 1.29 is 33.0 Å². The highest BCUT2D eigenvalue weighted by Crippen LogP contribution is 2.28.